The molecule has 0 amide bonds. The first kappa shape index (κ1) is 11.5. The standard InChI is InChI=1S/C8H12ClO2P/c1-4-6-7-8(5-2)11-12(3,9)10/h4-7H,2H2,1,3H3/b6-4-,8-7+. The highest BCUT2D eigenvalue weighted by Crippen LogP contribution is 2.50. The molecule has 68 valence electrons. The third-order valence-electron chi connectivity index (χ3n) is 0.923. The molecule has 0 bridgehead atoms. The van der Waals surface area contributed by atoms with E-state index in [1.807, 2.05) is 13.0 Å². The molecular weight excluding hydrogens is 195 g/mol. The van der Waals surface area contributed by atoms with Gasteiger partial charge in [-0.05, 0) is 30.3 Å². The van der Waals surface area contributed by atoms with E-state index in [2.05, 4.69) is 6.58 Å². The monoisotopic (exact) mass is 206 g/mol. The van der Waals surface area contributed by atoms with Crippen molar-refractivity contribution < 1.29 is 9.09 Å². The lowest BCUT2D eigenvalue weighted by Crippen LogP contribution is -1.81. The summed E-state index contributed by atoms with van der Waals surface area (Å²) in [5.74, 6) is 0.411. The lowest BCUT2D eigenvalue weighted by Gasteiger charge is -2.07. The van der Waals surface area contributed by atoms with Crippen LogP contribution < -0.4 is 0 Å². The van der Waals surface area contributed by atoms with E-state index in [0.717, 1.165) is 0 Å². The van der Waals surface area contributed by atoms with Gasteiger partial charge in [0.25, 0.3) is 0 Å². The molecule has 0 spiro atoms. The van der Waals surface area contributed by atoms with Crippen LogP contribution in [-0.2, 0) is 9.09 Å². The molecule has 0 aliphatic heterocycles. The zero-order valence-electron chi connectivity index (χ0n) is 7.16. The van der Waals surface area contributed by atoms with Gasteiger partial charge in [-0.25, -0.2) is 0 Å². The van der Waals surface area contributed by atoms with Crippen LogP contribution in [0.1, 0.15) is 6.92 Å². The maximum atomic E-state index is 11.0. The molecule has 0 rings (SSSR count). The Hall–Kier alpha value is -0.460. The molecule has 1 atom stereocenters. The zero-order valence-corrected chi connectivity index (χ0v) is 8.81. The number of halogens is 1. The Labute approximate surface area is 77.8 Å². The van der Waals surface area contributed by atoms with Crippen LogP contribution in [0.3, 0.4) is 0 Å². The largest absolute Gasteiger partial charge is 0.433 e. The van der Waals surface area contributed by atoms with Gasteiger partial charge >= 0.3 is 6.72 Å². The highest BCUT2D eigenvalue weighted by Gasteiger charge is 2.11. The van der Waals surface area contributed by atoms with Gasteiger partial charge in [-0.15, -0.1) is 0 Å². The van der Waals surface area contributed by atoms with E-state index in [0.29, 0.717) is 5.76 Å². The lowest BCUT2D eigenvalue weighted by atomic mass is 10.4. The van der Waals surface area contributed by atoms with Gasteiger partial charge < -0.3 is 4.52 Å². The number of rotatable bonds is 4. The number of hydrogen-bond donors (Lipinski definition) is 0. The predicted octanol–water partition coefficient (Wildman–Crippen LogP) is 3.71. The average molecular weight is 207 g/mol. The van der Waals surface area contributed by atoms with E-state index in [-0.39, 0.29) is 0 Å². The molecule has 0 aromatic carbocycles. The summed E-state index contributed by atoms with van der Waals surface area (Å²) in [4.78, 5) is 0. The second-order valence-corrected chi connectivity index (χ2v) is 5.66. The Balaban J connectivity index is 4.38. The van der Waals surface area contributed by atoms with Crippen LogP contribution in [-0.4, -0.2) is 6.66 Å². The topological polar surface area (TPSA) is 26.3 Å². The Kier molecular flexibility index (Phi) is 5.03. The van der Waals surface area contributed by atoms with Crippen molar-refractivity contribution in [2.45, 2.75) is 6.92 Å². The first-order valence-electron chi connectivity index (χ1n) is 3.42. The summed E-state index contributed by atoms with van der Waals surface area (Å²) in [5.41, 5.74) is 0. The third kappa shape index (κ3) is 6.26. The van der Waals surface area contributed by atoms with Crippen molar-refractivity contribution in [3.05, 3.63) is 36.6 Å². The van der Waals surface area contributed by atoms with Gasteiger partial charge in [-0.1, -0.05) is 18.7 Å². The number of allylic oxidation sites excluding steroid dienone is 4. The van der Waals surface area contributed by atoms with Crippen molar-refractivity contribution >= 4 is 18.0 Å². The predicted molar refractivity (Wildman–Crippen MR) is 53.6 cm³/mol. The summed E-state index contributed by atoms with van der Waals surface area (Å²) in [6.07, 6.45) is 6.68. The van der Waals surface area contributed by atoms with Crippen LogP contribution in [0, 0.1) is 0 Å². The molecular formula is C8H12ClO2P. The van der Waals surface area contributed by atoms with Crippen LogP contribution in [0.25, 0.3) is 0 Å². The van der Waals surface area contributed by atoms with Crippen molar-refractivity contribution in [1.29, 1.82) is 0 Å². The molecule has 0 aliphatic rings. The van der Waals surface area contributed by atoms with Crippen molar-refractivity contribution in [2.75, 3.05) is 6.66 Å². The molecule has 0 aliphatic carbocycles. The van der Waals surface area contributed by atoms with Gasteiger partial charge in [0.15, 0.2) is 0 Å². The fourth-order valence-electron chi connectivity index (χ4n) is 0.515. The summed E-state index contributed by atoms with van der Waals surface area (Å²) < 4.78 is 15.9. The Bertz CT molecular complexity index is 250. The smallest absolute Gasteiger partial charge is 0.333 e. The van der Waals surface area contributed by atoms with Gasteiger partial charge in [0, 0.05) is 6.66 Å². The molecule has 0 heterocycles. The Morgan fingerprint density at radius 3 is 2.58 bits per heavy atom. The Morgan fingerprint density at radius 2 is 2.25 bits per heavy atom. The minimum Gasteiger partial charge on any atom is -0.433 e. The van der Waals surface area contributed by atoms with Gasteiger partial charge in [-0.3, -0.25) is 4.57 Å². The second-order valence-electron chi connectivity index (χ2n) is 2.14. The molecule has 0 aromatic heterocycles. The van der Waals surface area contributed by atoms with Crippen molar-refractivity contribution in [3.63, 3.8) is 0 Å². The molecule has 2 nitrogen and oxygen atoms in total. The normalized spacial score (nSPS) is 17.4. The lowest BCUT2D eigenvalue weighted by molar-refractivity contribution is 0.436. The van der Waals surface area contributed by atoms with Crippen LogP contribution in [0.5, 0.6) is 0 Å². The quantitative estimate of drug-likeness (QED) is 0.398. The van der Waals surface area contributed by atoms with Crippen molar-refractivity contribution in [3.8, 4) is 0 Å². The molecule has 1 unspecified atom stereocenters. The first-order chi connectivity index (χ1) is 5.49. The van der Waals surface area contributed by atoms with E-state index < -0.39 is 6.72 Å². The second kappa shape index (κ2) is 5.23. The van der Waals surface area contributed by atoms with E-state index >= 15 is 0 Å². The van der Waals surface area contributed by atoms with Crippen LogP contribution >= 0.6 is 18.0 Å². The van der Waals surface area contributed by atoms with Gasteiger partial charge in [0.05, 0.1) is 0 Å². The average Bonchev–Trinajstić information content (AvgIpc) is 1.95. The Morgan fingerprint density at radius 1 is 1.67 bits per heavy atom. The molecule has 0 saturated carbocycles. The molecule has 12 heavy (non-hydrogen) atoms. The zero-order chi connectivity index (χ0) is 9.61. The summed E-state index contributed by atoms with van der Waals surface area (Å²) in [6, 6.07) is 0. The molecule has 0 saturated heterocycles. The van der Waals surface area contributed by atoms with Gasteiger partial charge in [0.2, 0.25) is 0 Å². The molecule has 0 radical (unpaired) electrons. The fraction of sp³-hybridized carbons (Fsp3) is 0.250. The maximum absolute atomic E-state index is 11.0. The van der Waals surface area contributed by atoms with Crippen LogP contribution in [0.15, 0.2) is 36.6 Å². The van der Waals surface area contributed by atoms with Crippen molar-refractivity contribution in [1.82, 2.24) is 0 Å². The molecule has 0 N–H and O–H groups in total. The maximum Gasteiger partial charge on any atom is 0.333 e. The molecule has 0 fully saturated rings. The van der Waals surface area contributed by atoms with E-state index in [1.165, 1.54) is 12.7 Å². The van der Waals surface area contributed by atoms with Crippen LogP contribution in [0.4, 0.5) is 0 Å². The minimum absolute atomic E-state index is 0.411. The highest BCUT2D eigenvalue weighted by molar-refractivity contribution is 7.84. The van der Waals surface area contributed by atoms with Crippen LogP contribution in [0.2, 0.25) is 0 Å². The minimum atomic E-state index is -2.98. The molecule has 0 aromatic rings. The van der Waals surface area contributed by atoms with Gasteiger partial charge in [-0.2, -0.15) is 0 Å². The number of hydrogen-bond acceptors (Lipinski definition) is 2. The van der Waals surface area contributed by atoms with E-state index in [4.69, 9.17) is 15.8 Å². The fourth-order valence-corrected chi connectivity index (χ4v) is 1.27. The molecule has 4 heteroatoms. The third-order valence-corrected chi connectivity index (χ3v) is 1.67. The van der Waals surface area contributed by atoms with Crippen molar-refractivity contribution in [2.24, 2.45) is 0 Å². The SMILES string of the molecule is C=C/C(=C\C=C/C)OP(C)(=O)Cl. The first-order valence-corrected chi connectivity index (χ1v) is 6.39. The van der Waals surface area contributed by atoms with E-state index in [1.54, 1.807) is 12.2 Å². The van der Waals surface area contributed by atoms with E-state index in [9.17, 15) is 4.57 Å². The highest BCUT2D eigenvalue weighted by atomic mass is 35.7. The summed E-state index contributed by atoms with van der Waals surface area (Å²) >= 11 is 5.41. The summed E-state index contributed by atoms with van der Waals surface area (Å²) in [7, 11) is 0. The summed E-state index contributed by atoms with van der Waals surface area (Å²) in [5, 5.41) is 0. The summed E-state index contributed by atoms with van der Waals surface area (Å²) in [6.45, 7) is 3.71. The van der Waals surface area contributed by atoms with Gasteiger partial charge in [0.1, 0.15) is 5.76 Å².